The molecule has 1 aromatic carbocycles. The van der Waals surface area contributed by atoms with Gasteiger partial charge in [-0.3, -0.25) is 0 Å². The Morgan fingerprint density at radius 1 is 1.20 bits per heavy atom. The van der Waals surface area contributed by atoms with Gasteiger partial charge in [-0.05, 0) is 41.8 Å². The van der Waals surface area contributed by atoms with Gasteiger partial charge in [-0.25, -0.2) is 14.3 Å². The molecule has 0 aliphatic heterocycles. The second kappa shape index (κ2) is 7.35. The van der Waals surface area contributed by atoms with Crippen LogP contribution in [-0.4, -0.2) is 35.0 Å². The van der Waals surface area contributed by atoms with Gasteiger partial charge in [-0.15, -0.1) is 10.2 Å². The number of unbranched alkanes of at least 4 members (excludes halogenated alkanes) is 1. The van der Waals surface area contributed by atoms with Gasteiger partial charge in [-0.2, -0.15) is 0 Å². The van der Waals surface area contributed by atoms with Gasteiger partial charge in [-0.1, -0.05) is 43.3 Å². The molecule has 0 N–H and O–H groups in total. The van der Waals surface area contributed by atoms with Crippen LogP contribution in [0.1, 0.15) is 50.2 Å². The summed E-state index contributed by atoms with van der Waals surface area (Å²) in [5.74, 6) is 3.17. The maximum atomic E-state index is 4.78. The first-order chi connectivity index (χ1) is 12.3. The molecule has 8 heteroatoms. The molecule has 3 aromatic rings. The van der Waals surface area contributed by atoms with Crippen LogP contribution in [0.5, 0.6) is 0 Å². The Balaban J connectivity index is 1.51. The maximum Gasteiger partial charge on any atom is 0.209 e. The zero-order valence-corrected chi connectivity index (χ0v) is 15.1. The van der Waals surface area contributed by atoms with Gasteiger partial charge >= 0.3 is 0 Å². The van der Waals surface area contributed by atoms with Crippen molar-refractivity contribution in [2.45, 2.75) is 56.0 Å². The van der Waals surface area contributed by atoms with E-state index in [1.165, 1.54) is 12.8 Å². The third kappa shape index (κ3) is 3.73. The highest BCUT2D eigenvalue weighted by Crippen LogP contribution is 2.40. The van der Waals surface area contributed by atoms with E-state index in [9.17, 15) is 0 Å². The lowest BCUT2D eigenvalue weighted by molar-refractivity contribution is 0.540. The number of nitrogens with zero attached hydrogens (tertiary/aromatic N) is 7. The predicted octanol–water partition coefficient (Wildman–Crippen LogP) is 3.22. The predicted molar refractivity (Wildman–Crippen MR) is 95.6 cm³/mol. The van der Waals surface area contributed by atoms with Gasteiger partial charge < -0.3 is 0 Å². The maximum absolute atomic E-state index is 4.78. The van der Waals surface area contributed by atoms with E-state index in [2.05, 4.69) is 34.6 Å². The summed E-state index contributed by atoms with van der Waals surface area (Å²) in [6, 6.07) is 10.2. The van der Waals surface area contributed by atoms with E-state index in [0.29, 0.717) is 11.7 Å². The molecule has 7 nitrogen and oxygen atoms in total. The lowest BCUT2D eigenvalue weighted by Crippen LogP contribution is -2.05. The quantitative estimate of drug-likeness (QED) is 0.578. The number of rotatable bonds is 8. The Hall–Kier alpha value is -2.22. The average molecular weight is 355 g/mol. The van der Waals surface area contributed by atoms with Gasteiger partial charge in [0.1, 0.15) is 5.82 Å². The Morgan fingerprint density at radius 3 is 2.80 bits per heavy atom. The summed E-state index contributed by atoms with van der Waals surface area (Å²) in [5, 5.41) is 17.5. The standard InChI is InChI=1S/C17H21N7S/c1-2-3-11-23-15(19-21-22-23)12-25-17-18-16(13-9-10-13)24(20-17)14-7-5-4-6-8-14/h4-8,13H,2-3,9-12H2,1H3. The second-order valence-corrected chi connectivity index (χ2v) is 7.18. The summed E-state index contributed by atoms with van der Waals surface area (Å²) in [6.07, 6.45) is 4.60. The number of aromatic nitrogens is 7. The molecule has 2 aromatic heterocycles. The molecule has 25 heavy (non-hydrogen) atoms. The Labute approximate surface area is 150 Å². The van der Waals surface area contributed by atoms with Crippen molar-refractivity contribution < 1.29 is 0 Å². The Kier molecular flexibility index (Phi) is 4.78. The highest BCUT2D eigenvalue weighted by atomic mass is 32.2. The minimum absolute atomic E-state index is 0.539. The molecule has 1 aliphatic rings. The van der Waals surface area contributed by atoms with Crippen molar-refractivity contribution in [1.29, 1.82) is 0 Å². The normalized spacial score (nSPS) is 14.1. The van der Waals surface area contributed by atoms with Crippen molar-refractivity contribution in [3.63, 3.8) is 0 Å². The largest absolute Gasteiger partial charge is 0.229 e. The Morgan fingerprint density at radius 2 is 2.04 bits per heavy atom. The van der Waals surface area contributed by atoms with Crippen LogP contribution in [0.4, 0.5) is 0 Å². The summed E-state index contributed by atoms with van der Waals surface area (Å²) >= 11 is 1.59. The van der Waals surface area contributed by atoms with E-state index in [0.717, 1.165) is 41.9 Å². The van der Waals surface area contributed by atoms with Crippen LogP contribution in [-0.2, 0) is 12.3 Å². The van der Waals surface area contributed by atoms with Crippen LogP contribution in [0.3, 0.4) is 0 Å². The zero-order chi connectivity index (χ0) is 17.1. The fourth-order valence-corrected chi connectivity index (χ4v) is 3.43. The van der Waals surface area contributed by atoms with E-state index in [1.54, 1.807) is 11.8 Å². The van der Waals surface area contributed by atoms with Crippen molar-refractivity contribution in [2.75, 3.05) is 0 Å². The summed E-state index contributed by atoms with van der Waals surface area (Å²) in [4.78, 5) is 4.78. The van der Waals surface area contributed by atoms with Gasteiger partial charge in [0.25, 0.3) is 0 Å². The minimum atomic E-state index is 0.539. The highest BCUT2D eigenvalue weighted by Gasteiger charge is 2.30. The Bertz CT molecular complexity index is 823. The van der Waals surface area contributed by atoms with Crippen molar-refractivity contribution in [3.05, 3.63) is 42.0 Å². The van der Waals surface area contributed by atoms with Crippen LogP contribution >= 0.6 is 11.8 Å². The van der Waals surface area contributed by atoms with Crippen molar-refractivity contribution in [1.82, 2.24) is 35.0 Å². The minimum Gasteiger partial charge on any atom is -0.229 e. The number of hydrogen-bond donors (Lipinski definition) is 0. The molecule has 0 saturated heterocycles. The fourth-order valence-electron chi connectivity index (χ4n) is 2.67. The third-order valence-corrected chi connectivity index (χ3v) is 5.05. The number of hydrogen-bond acceptors (Lipinski definition) is 6. The first-order valence-corrected chi connectivity index (χ1v) is 9.74. The van der Waals surface area contributed by atoms with E-state index in [1.807, 2.05) is 27.6 Å². The molecule has 1 saturated carbocycles. The molecule has 4 rings (SSSR count). The third-order valence-electron chi connectivity index (χ3n) is 4.22. The summed E-state index contributed by atoms with van der Waals surface area (Å²) in [7, 11) is 0. The molecule has 130 valence electrons. The molecule has 0 bridgehead atoms. The smallest absolute Gasteiger partial charge is 0.209 e. The van der Waals surface area contributed by atoms with E-state index in [-0.39, 0.29) is 0 Å². The van der Waals surface area contributed by atoms with Gasteiger partial charge in [0.2, 0.25) is 5.16 Å². The number of tetrazole rings is 1. The summed E-state index contributed by atoms with van der Waals surface area (Å²) < 4.78 is 3.87. The number of para-hydroxylation sites is 1. The molecule has 1 fully saturated rings. The topological polar surface area (TPSA) is 74.3 Å². The number of benzene rings is 1. The van der Waals surface area contributed by atoms with Crippen LogP contribution < -0.4 is 0 Å². The van der Waals surface area contributed by atoms with Gasteiger partial charge in [0.05, 0.1) is 11.4 Å². The molecule has 0 unspecified atom stereocenters. The lowest BCUT2D eigenvalue weighted by atomic mass is 10.3. The average Bonchev–Trinajstić information content (AvgIpc) is 3.25. The molecule has 1 aliphatic carbocycles. The first kappa shape index (κ1) is 16.3. The monoisotopic (exact) mass is 355 g/mol. The molecular weight excluding hydrogens is 334 g/mol. The molecule has 2 heterocycles. The van der Waals surface area contributed by atoms with E-state index in [4.69, 9.17) is 10.1 Å². The lowest BCUT2D eigenvalue weighted by Gasteiger charge is -2.03. The number of thioether (sulfide) groups is 1. The fraction of sp³-hybridized carbons (Fsp3) is 0.471. The second-order valence-electron chi connectivity index (χ2n) is 6.23. The van der Waals surface area contributed by atoms with Crippen molar-refractivity contribution in [3.8, 4) is 5.69 Å². The first-order valence-electron chi connectivity index (χ1n) is 8.75. The van der Waals surface area contributed by atoms with Crippen LogP contribution in [0.15, 0.2) is 35.5 Å². The summed E-state index contributed by atoms with van der Waals surface area (Å²) in [6.45, 7) is 3.02. The highest BCUT2D eigenvalue weighted by molar-refractivity contribution is 7.98. The van der Waals surface area contributed by atoms with Crippen LogP contribution in [0, 0.1) is 0 Å². The van der Waals surface area contributed by atoms with Gasteiger partial charge in [0.15, 0.2) is 5.82 Å². The molecule has 0 amide bonds. The molecule has 0 atom stereocenters. The van der Waals surface area contributed by atoms with E-state index >= 15 is 0 Å². The van der Waals surface area contributed by atoms with Crippen LogP contribution in [0.25, 0.3) is 5.69 Å². The van der Waals surface area contributed by atoms with Crippen molar-refractivity contribution >= 4 is 11.8 Å². The molecular formula is C17H21N7S. The molecule has 0 spiro atoms. The summed E-state index contributed by atoms with van der Waals surface area (Å²) in [5.41, 5.74) is 1.07. The van der Waals surface area contributed by atoms with Crippen molar-refractivity contribution in [2.24, 2.45) is 0 Å². The van der Waals surface area contributed by atoms with Crippen LogP contribution in [0.2, 0.25) is 0 Å². The van der Waals surface area contributed by atoms with Gasteiger partial charge in [0, 0.05) is 12.5 Å². The SMILES string of the molecule is CCCCn1nnnc1CSc1nc(C2CC2)n(-c2ccccc2)n1. The zero-order valence-electron chi connectivity index (χ0n) is 14.2. The molecule has 0 radical (unpaired) electrons. The van der Waals surface area contributed by atoms with E-state index < -0.39 is 0 Å². The number of aryl methyl sites for hydroxylation is 1.